The molecule has 160 valence electrons. The van der Waals surface area contributed by atoms with Gasteiger partial charge in [-0.3, -0.25) is 0 Å². The van der Waals surface area contributed by atoms with Crippen LogP contribution in [-0.4, -0.2) is 13.9 Å². The first kappa shape index (κ1) is 25.1. The molecule has 28 heavy (non-hydrogen) atoms. The Balaban J connectivity index is 3.70. The maximum atomic E-state index is 12.5. The normalized spacial score (nSPS) is 14.7. The first-order valence-corrected chi connectivity index (χ1v) is 11.0. The van der Waals surface area contributed by atoms with Crippen molar-refractivity contribution in [2.45, 2.75) is 84.1 Å². The van der Waals surface area contributed by atoms with Gasteiger partial charge in [-0.15, -0.1) is 0 Å². The Bertz CT molecular complexity index is 821. The van der Waals surface area contributed by atoms with Crippen molar-refractivity contribution in [1.29, 1.82) is 0 Å². The molecule has 0 bridgehead atoms. The van der Waals surface area contributed by atoms with E-state index in [1.54, 1.807) is 0 Å². The maximum Gasteiger partial charge on any atom is 0.523 e. The zero-order valence-corrected chi connectivity index (χ0v) is 19.5. The van der Waals surface area contributed by atoms with E-state index >= 15 is 0 Å². The van der Waals surface area contributed by atoms with Crippen LogP contribution >= 0.6 is 8.60 Å². The van der Waals surface area contributed by atoms with Gasteiger partial charge in [-0.25, -0.2) is 4.74 Å². The number of alkyl halides is 3. The molecule has 0 heterocycles. The SMILES string of the molecule is CC(C)(C)c1cc(C(C)(C)C)c(N=POS(=O)(=O)C(F)(F)F)c(C(C)(C)C)c1. The largest absolute Gasteiger partial charge is 0.523 e. The van der Waals surface area contributed by atoms with Gasteiger partial charge >= 0.3 is 15.6 Å². The summed E-state index contributed by atoms with van der Waals surface area (Å²) >= 11 is 0. The first-order valence-electron chi connectivity index (χ1n) is 8.78. The van der Waals surface area contributed by atoms with Crippen LogP contribution in [0.3, 0.4) is 0 Å². The number of nitrogens with zero attached hydrogens (tertiary/aromatic N) is 1. The fourth-order valence-corrected chi connectivity index (χ4v) is 3.58. The van der Waals surface area contributed by atoms with E-state index in [0.717, 1.165) is 16.7 Å². The van der Waals surface area contributed by atoms with Gasteiger partial charge in [-0.1, -0.05) is 74.4 Å². The van der Waals surface area contributed by atoms with Gasteiger partial charge in [0.25, 0.3) is 0 Å². The van der Waals surface area contributed by atoms with Crippen LogP contribution in [0.2, 0.25) is 0 Å². The molecular formula is C19H29F3NO3PS. The molecule has 1 rings (SSSR count). The van der Waals surface area contributed by atoms with E-state index in [-0.39, 0.29) is 16.2 Å². The second kappa shape index (κ2) is 7.69. The third-order valence-electron chi connectivity index (χ3n) is 4.15. The van der Waals surface area contributed by atoms with E-state index in [2.05, 4.69) is 29.5 Å². The molecule has 0 aromatic heterocycles. The monoisotopic (exact) mass is 439 g/mol. The van der Waals surface area contributed by atoms with E-state index in [0.29, 0.717) is 5.69 Å². The topological polar surface area (TPSA) is 55.7 Å². The van der Waals surface area contributed by atoms with Crippen molar-refractivity contribution in [3.8, 4) is 0 Å². The highest BCUT2D eigenvalue weighted by Gasteiger charge is 2.47. The van der Waals surface area contributed by atoms with Gasteiger partial charge in [-0.2, -0.15) is 25.6 Å². The van der Waals surface area contributed by atoms with Gasteiger partial charge in [0.05, 0.1) is 5.69 Å². The van der Waals surface area contributed by atoms with Crippen LogP contribution in [0.1, 0.15) is 79.0 Å². The van der Waals surface area contributed by atoms with Crippen LogP contribution in [0.15, 0.2) is 16.9 Å². The van der Waals surface area contributed by atoms with E-state index in [1.807, 2.05) is 53.7 Å². The zero-order chi connectivity index (χ0) is 22.3. The number of halogens is 3. The van der Waals surface area contributed by atoms with Crippen molar-refractivity contribution in [1.82, 2.24) is 0 Å². The third-order valence-corrected chi connectivity index (χ3v) is 6.05. The summed E-state index contributed by atoms with van der Waals surface area (Å²) in [7, 11) is -6.34. The summed E-state index contributed by atoms with van der Waals surface area (Å²) in [5, 5.41) is 0. The van der Waals surface area contributed by atoms with Gasteiger partial charge in [0.1, 0.15) is 0 Å². The molecule has 0 saturated heterocycles. The molecule has 0 N–H and O–H groups in total. The lowest BCUT2D eigenvalue weighted by Crippen LogP contribution is -2.22. The molecule has 4 nitrogen and oxygen atoms in total. The number of hydrogen-bond acceptors (Lipinski definition) is 4. The molecule has 0 atom stereocenters. The van der Waals surface area contributed by atoms with E-state index in [9.17, 15) is 21.6 Å². The lowest BCUT2D eigenvalue weighted by Gasteiger charge is -2.31. The van der Waals surface area contributed by atoms with Crippen molar-refractivity contribution in [2.75, 3.05) is 0 Å². The molecule has 9 heteroatoms. The average Bonchev–Trinajstić information content (AvgIpc) is 2.42. The Labute approximate surface area is 168 Å². The molecular weight excluding hydrogens is 410 g/mol. The second-order valence-corrected chi connectivity index (χ2v) is 12.2. The van der Waals surface area contributed by atoms with Crippen molar-refractivity contribution >= 4 is 24.4 Å². The summed E-state index contributed by atoms with van der Waals surface area (Å²) in [5.74, 6) is 0. The van der Waals surface area contributed by atoms with Crippen molar-refractivity contribution in [2.24, 2.45) is 4.74 Å². The Kier molecular flexibility index (Phi) is 6.88. The van der Waals surface area contributed by atoms with Gasteiger partial charge in [0, 0.05) is 0 Å². The Morgan fingerprint density at radius 1 is 0.821 bits per heavy atom. The Morgan fingerprint density at radius 3 is 1.50 bits per heavy atom. The molecule has 0 aliphatic heterocycles. The summed E-state index contributed by atoms with van der Waals surface area (Å²) in [5.41, 5.74) is -3.17. The molecule has 1 aromatic carbocycles. The summed E-state index contributed by atoms with van der Waals surface area (Å²) in [6.07, 6.45) is 0. The van der Waals surface area contributed by atoms with E-state index < -0.39 is 24.2 Å². The quantitative estimate of drug-likeness (QED) is 0.372. The van der Waals surface area contributed by atoms with Crippen LogP contribution in [0.5, 0.6) is 0 Å². The lowest BCUT2D eigenvalue weighted by molar-refractivity contribution is -0.0495. The van der Waals surface area contributed by atoms with Crippen LogP contribution in [-0.2, 0) is 30.3 Å². The minimum atomic E-state index is -5.70. The third kappa shape index (κ3) is 6.01. The molecule has 0 unspecified atom stereocenters. The van der Waals surface area contributed by atoms with Crippen LogP contribution in [0.4, 0.5) is 18.9 Å². The maximum absolute atomic E-state index is 12.5. The van der Waals surface area contributed by atoms with Crippen LogP contribution in [0.25, 0.3) is 0 Å². The predicted octanol–water partition coefficient (Wildman–Crippen LogP) is 7.12. The van der Waals surface area contributed by atoms with Gasteiger partial charge in [-0.05, 0) is 32.9 Å². The first-order chi connectivity index (χ1) is 12.2. The van der Waals surface area contributed by atoms with E-state index in [4.69, 9.17) is 0 Å². The number of benzene rings is 1. The number of rotatable bonds is 3. The highest BCUT2D eigenvalue weighted by Crippen LogP contribution is 2.44. The average molecular weight is 439 g/mol. The standard InChI is InChI=1S/C19H29F3NO3PS/c1-16(2,3)12-10-13(17(4,5)6)15(14(11-12)18(7,8)9)23-27-26-28(24,25)19(20,21)22/h10-11H,1-9H3. The molecule has 0 saturated carbocycles. The molecule has 0 aliphatic rings. The smallest absolute Gasteiger partial charge is 0.203 e. The highest BCUT2D eigenvalue weighted by atomic mass is 32.2. The minimum Gasteiger partial charge on any atom is -0.203 e. The lowest BCUT2D eigenvalue weighted by atomic mass is 9.74. The summed E-state index contributed by atoms with van der Waals surface area (Å²) < 4.78 is 68.1. The van der Waals surface area contributed by atoms with Crippen molar-refractivity contribution < 1.29 is 25.6 Å². The highest BCUT2D eigenvalue weighted by molar-refractivity contribution is 7.89. The number of hydrogen-bond donors (Lipinski definition) is 0. The van der Waals surface area contributed by atoms with Gasteiger partial charge in [0.15, 0.2) is 8.60 Å². The molecule has 0 aliphatic carbocycles. The summed E-state index contributed by atoms with van der Waals surface area (Å²) in [6.45, 7) is 18.1. The van der Waals surface area contributed by atoms with Crippen molar-refractivity contribution in [3.05, 3.63) is 28.8 Å². The molecule has 0 radical (unpaired) electrons. The summed E-state index contributed by atoms with van der Waals surface area (Å²) in [4.78, 5) is 0. The molecule has 1 aromatic rings. The Morgan fingerprint density at radius 2 is 1.21 bits per heavy atom. The summed E-state index contributed by atoms with van der Waals surface area (Å²) in [6, 6.07) is 3.98. The molecule has 0 fully saturated rings. The van der Waals surface area contributed by atoms with Gasteiger partial charge in [0.2, 0.25) is 0 Å². The Hall–Kier alpha value is -0.980. The van der Waals surface area contributed by atoms with Crippen molar-refractivity contribution in [3.63, 3.8) is 0 Å². The van der Waals surface area contributed by atoms with Crippen LogP contribution < -0.4 is 0 Å². The zero-order valence-electron chi connectivity index (χ0n) is 17.8. The second-order valence-electron chi connectivity index (χ2n) is 9.83. The molecule has 0 amide bonds. The molecule has 0 spiro atoms. The minimum absolute atomic E-state index is 0.146. The van der Waals surface area contributed by atoms with E-state index in [1.165, 1.54) is 0 Å². The fourth-order valence-electron chi connectivity index (χ4n) is 2.46. The van der Waals surface area contributed by atoms with Gasteiger partial charge < -0.3 is 0 Å². The predicted molar refractivity (Wildman–Crippen MR) is 108 cm³/mol. The fraction of sp³-hybridized carbons (Fsp3) is 0.684. The van der Waals surface area contributed by atoms with Crippen LogP contribution in [0, 0.1) is 0 Å².